The standard InChI is InChI=1S/C10H16N4O/c11-7-10(3-1-2-4-10)8(15)14-9-12-5-6-13-9/h5-6H,1-4,7,11H2,(H2,12,13,14,15). The molecule has 1 amide bonds. The van der Waals surface area contributed by atoms with E-state index in [4.69, 9.17) is 5.73 Å². The van der Waals surface area contributed by atoms with E-state index >= 15 is 0 Å². The highest BCUT2D eigenvalue weighted by Crippen LogP contribution is 2.37. The minimum absolute atomic E-state index is 0.00236. The first-order valence-electron chi connectivity index (χ1n) is 5.28. The number of carbonyl (C=O) groups excluding carboxylic acids is 1. The molecule has 0 spiro atoms. The lowest BCUT2D eigenvalue weighted by Gasteiger charge is -2.24. The van der Waals surface area contributed by atoms with Gasteiger partial charge in [-0.25, -0.2) is 4.98 Å². The number of carbonyl (C=O) groups is 1. The van der Waals surface area contributed by atoms with Crippen LogP contribution in [0.4, 0.5) is 5.95 Å². The fourth-order valence-corrected chi connectivity index (χ4v) is 2.15. The minimum atomic E-state index is -0.368. The number of nitrogens with one attached hydrogen (secondary N) is 2. The number of hydrogen-bond donors (Lipinski definition) is 3. The summed E-state index contributed by atoms with van der Waals surface area (Å²) in [4.78, 5) is 18.8. The van der Waals surface area contributed by atoms with E-state index in [1.54, 1.807) is 12.4 Å². The molecule has 0 unspecified atom stereocenters. The molecule has 1 aliphatic carbocycles. The van der Waals surface area contributed by atoms with Crippen LogP contribution in [0.25, 0.3) is 0 Å². The molecule has 5 nitrogen and oxygen atoms in total. The van der Waals surface area contributed by atoms with Crippen molar-refractivity contribution in [3.05, 3.63) is 12.4 Å². The van der Waals surface area contributed by atoms with E-state index in [-0.39, 0.29) is 11.3 Å². The van der Waals surface area contributed by atoms with Gasteiger partial charge in [0.15, 0.2) is 0 Å². The summed E-state index contributed by atoms with van der Waals surface area (Å²) in [5.74, 6) is 0.497. The van der Waals surface area contributed by atoms with Crippen molar-refractivity contribution in [3.8, 4) is 0 Å². The van der Waals surface area contributed by atoms with Gasteiger partial charge in [-0.1, -0.05) is 12.8 Å². The normalized spacial score (nSPS) is 19.0. The van der Waals surface area contributed by atoms with Gasteiger partial charge in [-0.2, -0.15) is 0 Å². The van der Waals surface area contributed by atoms with Crippen LogP contribution < -0.4 is 11.1 Å². The molecule has 1 aromatic heterocycles. The maximum Gasteiger partial charge on any atom is 0.234 e. The van der Waals surface area contributed by atoms with Gasteiger partial charge in [0.25, 0.3) is 0 Å². The van der Waals surface area contributed by atoms with E-state index in [1.165, 1.54) is 0 Å². The average molecular weight is 208 g/mol. The Kier molecular flexibility index (Phi) is 2.73. The predicted molar refractivity (Wildman–Crippen MR) is 57.2 cm³/mol. The second kappa shape index (κ2) is 4.02. The number of amides is 1. The molecule has 2 rings (SSSR count). The quantitative estimate of drug-likeness (QED) is 0.689. The van der Waals surface area contributed by atoms with E-state index in [0.29, 0.717) is 12.5 Å². The summed E-state index contributed by atoms with van der Waals surface area (Å²) in [5.41, 5.74) is 5.34. The number of imidazole rings is 1. The zero-order valence-electron chi connectivity index (χ0n) is 8.62. The molecule has 1 aliphatic rings. The van der Waals surface area contributed by atoms with E-state index in [0.717, 1.165) is 25.7 Å². The van der Waals surface area contributed by atoms with E-state index in [1.807, 2.05) is 0 Å². The Bertz CT molecular complexity index is 327. The Morgan fingerprint density at radius 2 is 2.33 bits per heavy atom. The zero-order chi connectivity index (χ0) is 10.7. The minimum Gasteiger partial charge on any atom is -0.331 e. The number of aromatic nitrogens is 2. The van der Waals surface area contributed by atoms with Crippen LogP contribution in [-0.4, -0.2) is 22.4 Å². The summed E-state index contributed by atoms with van der Waals surface area (Å²) in [6.07, 6.45) is 7.23. The van der Waals surface area contributed by atoms with E-state index in [9.17, 15) is 4.79 Å². The van der Waals surface area contributed by atoms with Crippen molar-refractivity contribution >= 4 is 11.9 Å². The summed E-state index contributed by atoms with van der Waals surface area (Å²) < 4.78 is 0. The topological polar surface area (TPSA) is 83.8 Å². The van der Waals surface area contributed by atoms with Crippen molar-refractivity contribution in [2.45, 2.75) is 25.7 Å². The maximum absolute atomic E-state index is 12.0. The maximum atomic E-state index is 12.0. The number of rotatable bonds is 3. The molecule has 0 aliphatic heterocycles. The molecular formula is C10H16N4O. The lowest BCUT2D eigenvalue weighted by Crippen LogP contribution is -2.40. The van der Waals surface area contributed by atoms with Gasteiger partial charge in [-0.15, -0.1) is 0 Å². The first-order chi connectivity index (χ1) is 7.27. The summed E-state index contributed by atoms with van der Waals surface area (Å²) in [6, 6.07) is 0. The Labute approximate surface area is 88.5 Å². The number of aromatic amines is 1. The third-order valence-corrected chi connectivity index (χ3v) is 3.16. The third kappa shape index (κ3) is 1.87. The second-order valence-electron chi connectivity index (χ2n) is 4.08. The number of anilines is 1. The fourth-order valence-electron chi connectivity index (χ4n) is 2.15. The first-order valence-corrected chi connectivity index (χ1v) is 5.28. The van der Waals surface area contributed by atoms with Crippen LogP contribution in [0.2, 0.25) is 0 Å². The third-order valence-electron chi connectivity index (χ3n) is 3.16. The predicted octanol–water partition coefficient (Wildman–Crippen LogP) is 0.867. The smallest absolute Gasteiger partial charge is 0.234 e. The molecule has 82 valence electrons. The van der Waals surface area contributed by atoms with Gasteiger partial charge in [-0.3, -0.25) is 10.1 Å². The van der Waals surface area contributed by atoms with Gasteiger partial charge in [0.2, 0.25) is 11.9 Å². The Hall–Kier alpha value is -1.36. The lowest BCUT2D eigenvalue weighted by molar-refractivity contribution is -0.124. The van der Waals surface area contributed by atoms with Crippen LogP contribution in [0.5, 0.6) is 0 Å². The molecule has 1 fully saturated rings. The molecule has 0 saturated heterocycles. The van der Waals surface area contributed by atoms with Crippen LogP contribution >= 0.6 is 0 Å². The molecule has 0 atom stereocenters. The van der Waals surface area contributed by atoms with Crippen molar-refractivity contribution in [2.24, 2.45) is 11.1 Å². The second-order valence-corrected chi connectivity index (χ2v) is 4.08. The first kappa shape index (κ1) is 10.2. The summed E-state index contributed by atoms with van der Waals surface area (Å²) in [6.45, 7) is 0.416. The SMILES string of the molecule is NCC1(C(=O)Nc2ncc[nH]2)CCCC1. The molecule has 5 heteroatoms. The zero-order valence-corrected chi connectivity index (χ0v) is 8.62. The van der Waals surface area contributed by atoms with Crippen LogP contribution in [0.3, 0.4) is 0 Å². The van der Waals surface area contributed by atoms with Crippen molar-refractivity contribution in [1.82, 2.24) is 9.97 Å². The molecule has 15 heavy (non-hydrogen) atoms. The Morgan fingerprint density at radius 3 is 2.87 bits per heavy atom. The molecule has 0 aromatic carbocycles. The lowest BCUT2D eigenvalue weighted by atomic mass is 9.85. The van der Waals surface area contributed by atoms with Gasteiger partial charge in [0.1, 0.15) is 0 Å². The molecule has 4 N–H and O–H groups in total. The van der Waals surface area contributed by atoms with E-state index < -0.39 is 0 Å². The van der Waals surface area contributed by atoms with Crippen LogP contribution in [-0.2, 0) is 4.79 Å². The average Bonchev–Trinajstić information content (AvgIpc) is 2.87. The molecular weight excluding hydrogens is 192 g/mol. The molecule has 1 saturated carbocycles. The highest BCUT2D eigenvalue weighted by Gasteiger charge is 2.39. The van der Waals surface area contributed by atoms with Crippen LogP contribution in [0.1, 0.15) is 25.7 Å². The fraction of sp³-hybridized carbons (Fsp3) is 0.600. The summed E-state index contributed by atoms with van der Waals surface area (Å²) in [7, 11) is 0. The molecule has 0 bridgehead atoms. The molecule has 1 heterocycles. The van der Waals surface area contributed by atoms with Crippen molar-refractivity contribution in [3.63, 3.8) is 0 Å². The Morgan fingerprint density at radius 1 is 1.60 bits per heavy atom. The Balaban J connectivity index is 2.06. The molecule has 1 aromatic rings. The van der Waals surface area contributed by atoms with Crippen LogP contribution in [0, 0.1) is 5.41 Å². The monoisotopic (exact) mass is 208 g/mol. The van der Waals surface area contributed by atoms with Gasteiger partial charge in [0, 0.05) is 18.9 Å². The summed E-state index contributed by atoms with van der Waals surface area (Å²) >= 11 is 0. The van der Waals surface area contributed by atoms with Crippen molar-refractivity contribution in [2.75, 3.05) is 11.9 Å². The summed E-state index contributed by atoms with van der Waals surface area (Å²) in [5, 5.41) is 2.77. The largest absolute Gasteiger partial charge is 0.331 e. The molecule has 0 radical (unpaired) electrons. The van der Waals surface area contributed by atoms with Gasteiger partial charge in [0.05, 0.1) is 5.41 Å². The number of nitrogens with zero attached hydrogens (tertiary/aromatic N) is 1. The number of hydrogen-bond acceptors (Lipinski definition) is 3. The number of nitrogens with two attached hydrogens (primary N) is 1. The van der Waals surface area contributed by atoms with Crippen molar-refractivity contribution < 1.29 is 4.79 Å². The van der Waals surface area contributed by atoms with Crippen LogP contribution in [0.15, 0.2) is 12.4 Å². The van der Waals surface area contributed by atoms with Crippen molar-refractivity contribution in [1.29, 1.82) is 0 Å². The van der Waals surface area contributed by atoms with Gasteiger partial charge < -0.3 is 10.7 Å². The number of H-pyrrole nitrogens is 1. The van der Waals surface area contributed by atoms with E-state index in [2.05, 4.69) is 15.3 Å². The highest BCUT2D eigenvalue weighted by molar-refractivity contribution is 5.94. The highest BCUT2D eigenvalue weighted by atomic mass is 16.2. The van der Waals surface area contributed by atoms with Gasteiger partial charge in [-0.05, 0) is 12.8 Å². The van der Waals surface area contributed by atoms with Gasteiger partial charge >= 0.3 is 0 Å².